The van der Waals surface area contributed by atoms with E-state index >= 15 is 0 Å². The Morgan fingerprint density at radius 3 is 2.67 bits per heavy atom. The lowest BCUT2D eigenvalue weighted by Gasteiger charge is -2.41. The first-order valence-corrected chi connectivity index (χ1v) is 8.37. The zero-order valence-corrected chi connectivity index (χ0v) is 13.9. The minimum absolute atomic E-state index is 0.00746. The number of nitrogens with one attached hydrogen (secondary N) is 1. The van der Waals surface area contributed by atoms with Gasteiger partial charge in [-0.3, -0.25) is 9.59 Å². The van der Waals surface area contributed by atoms with E-state index in [1.54, 1.807) is 16.2 Å². The number of carbonyl (C=O) groups excluding carboxylic acids is 2. The fourth-order valence-electron chi connectivity index (χ4n) is 2.69. The Kier molecular flexibility index (Phi) is 4.98. The summed E-state index contributed by atoms with van der Waals surface area (Å²) >= 11 is 1.57. The van der Waals surface area contributed by atoms with Gasteiger partial charge in [-0.05, 0) is 19.3 Å². The van der Waals surface area contributed by atoms with Gasteiger partial charge < -0.3 is 10.2 Å². The van der Waals surface area contributed by atoms with Crippen molar-refractivity contribution in [3.63, 3.8) is 0 Å². The predicted octanol–water partition coefficient (Wildman–Crippen LogP) is 2.10. The summed E-state index contributed by atoms with van der Waals surface area (Å²) < 4.78 is 0. The van der Waals surface area contributed by atoms with Gasteiger partial charge in [-0.15, -0.1) is 11.3 Å². The van der Waals surface area contributed by atoms with E-state index in [-0.39, 0.29) is 17.7 Å². The highest BCUT2D eigenvalue weighted by Crippen LogP contribution is 2.23. The van der Waals surface area contributed by atoms with Gasteiger partial charge in [-0.25, -0.2) is 4.98 Å². The number of carbonyl (C=O) groups is 2. The average Bonchev–Trinajstić information content (AvgIpc) is 2.87. The smallest absolute Gasteiger partial charge is 0.246 e. The van der Waals surface area contributed by atoms with Crippen LogP contribution in [0.25, 0.3) is 0 Å². The minimum Gasteiger partial charge on any atom is -0.343 e. The summed E-state index contributed by atoms with van der Waals surface area (Å²) in [7, 11) is 0. The van der Waals surface area contributed by atoms with Crippen molar-refractivity contribution >= 4 is 23.2 Å². The van der Waals surface area contributed by atoms with Crippen LogP contribution in [0, 0.1) is 12.8 Å². The van der Waals surface area contributed by atoms with Gasteiger partial charge >= 0.3 is 0 Å². The molecule has 1 aromatic heterocycles. The largest absolute Gasteiger partial charge is 0.343 e. The first-order valence-electron chi connectivity index (χ1n) is 7.49. The molecular formula is C15H23N3O2S. The zero-order valence-electron chi connectivity index (χ0n) is 13.0. The third-order valence-electron chi connectivity index (χ3n) is 4.09. The van der Waals surface area contributed by atoms with E-state index in [0.717, 1.165) is 17.1 Å². The van der Waals surface area contributed by atoms with Crippen molar-refractivity contribution in [2.45, 2.75) is 59.2 Å². The van der Waals surface area contributed by atoms with Crippen LogP contribution in [0.4, 0.5) is 0 Å². The van der Waals surface area contributed by atoms with E-state index in [1.165, 1.54) is 0 Å². The number of hydrogen-bond donors (Lipinski definition) is 1. The molecule has 1 N–H and O–H groups in total. The van der Waals surface area contributed by atoms with Crippen LogP contribution < -0.4 is 5.32 Å². The van der Waals surface area contributed by atoms with E-state index in [2.05, 4.69) is 10.3 Å². The van der Waals surface area contributed by atoms with Crippen LogP contribution in [0.2, 0.25) is 0 Å². The molecule has 21 heavy (non-hydrogen) atoms. The Balaban J connectivity index is 2.28. The molecule has 0 saturated carbocycles. The molecule has 0 aromatic carbocycles. The molecular weight excluding hydrogens is 286 g/mol. The van der Waals surface area contributed by atoms with Gasteiger partial charge in [-0.2, -0.15) is 0 Å². The Morgan fingerprint density at radius 2 is 2.14 bits per heavy atom. The van der Waals surface area contributed by atoms with Crippen molar-refractivity contribution in [3.05, 3.63) is 16.1 Å². The molecule has 3 atom stereocenters. The molecule has 1 aromatic rings. The molecule has 6 heteroatoms. The van der Waals surface area contributed by atoms with Gasteiger partial charge in [0.15, 0.2) is 0 Å². The first kappa shape index (κ1) is 15.9. The molecule has 1 fully saturated rings. The second kappa shape index (κ2) is 6.56. The molecule has 3 unspecified atom stereocenters. The molecule has 2 amide bonds. The molecule has 0 spiro atoms. The number of aromatic nitrogens is 1. The van der Waals surface area contributed by atoms with E-state index in [1.807, 2.05) is 33.1 Å². The molecule has 1 aliphatic rings. The van der Waals surface area contributed by atoms with Crippen molar-refractivity contribution in [2.75, 3.05) is 0 Å². The van der Waals surface area contributed by atoms with E-state index in [4.69, 9.17) is 0 Å². The standard InChI is InChI=1S/C15H23N3O2S/c1-5-9(3)13-14(19)17-12(6-2)15(20)18(13)7-11-8-21-10(4)16-11/h8-9,12-13H,5-7H2,1-4H3,(H,17,19). The molecule has 5 nitrogen and oxygen atoms in total. The van der Waals surface area contributed by atoms with Crippen LogP contribution in [0.3, 0.4) is 0 Å². The fourth-order valence-corrected chi connectivity index (χ4v) is 3.30. The minimum atomic E-state index is -0.405. The summed E-state index contributed by atoms with van der Waals surface area (Å²) in [5, 5.41) is 5.79. The van der Waals surface area contributed by atoms with Gasteiger partial charge in [-0.1, -0.05) is 27.2 Å². The maximum atomic E-state index is 12.6. The zero-order chi connectivity index (χ0) is 15.6. The quantitative estimate of drug-likeness (QED) is 0.906. The third kappa shape index (κ3) is 3.26. The van der Waals surface area contributed by atoms with Crippen molar-refractivity contribution in [1.29, 1.82) is 0 Å². The topological polar surface area (TPSA) is 62.3 Å². The van der Waals surface area contributed by atoms with Crippen LogP contribution in [0.5, 0.6) is 0 Å². The lowest BCUT2D eigenvalue weighted by molar-refractivity contribution is -0.152. The SMILES string of the molecule is CCC1NC(=O)C(C(C)CC)N(Cc2csc(C)n2)C1=O. The number of hydrogen-bond acceptors (Lipinski definition) is 4. The summed E-state index contributed by atoms with van der Waals surface area (Å²) in [5.41, 5.74) is 0.865. The molecule has 2 heterocycles. The number of aryl methyl sites for hydroxylation is 1. The summed E-state index contributed by atoms with van der Waals surface area (Å²) in [4.78, 5) is 31.2. The van der Waals surface area contributed by atoms with Crippen LogP contribution in [0.15, 0.2) is 5.38 Å². The summed E-state index contributed by atoms with van der Waals surface area (Å²) in [6.45, 7) is 8.34. The van der Waals surface area contributed by atoms with Gasteiger partial charge in [0.2, 0.25) is 11.8 Å². The highest BCUT2D eigenvalue weighted by atomic mass is 32.1. The molecule has 116 valence electrons. The van der Waals surface area contributed by atoms with Gasteiger partial charge in [0.05, 0.1) is 17.2 Å². The molecule has 1 aliphatic heterocycles. The first-order chi connectivity index (χ1) is 9.97. The highest BCUT2D eigenvalue weighted by Gasteiger charge is 2.42. The number of rotatable bonds is 5. The Hall–Kier alpha value is -1.43. The van der Waals surface area contributed by atoms with Crippen molar-refractivity contribution in [1.82, 2.24) is 15.2 Å². The normalized spacial score (nSPS) is 24.1. The molecule has 0 aliphatic carbocycles. The summed E-state index contributed by atoms with van der Waals surface area (Å²) in [5.74, 6) is 0.0993. The van der Waals surface area contributed by atoms with Crippen molar-refractivity contribution < 1.29 is 9.59 Å². The van der Waals surface area contributed by atoms with E-state index in [9.17, 15) is 9.59 Å². The van der Waals surface area contributed by atoms with Crippen LogP contribution in [0.1, 0.15) is 44.3 Å². The van der Waals surface area contributed by atoms with Crippen LogP contribution in [-0.2, 0) is 16.1 Å². The monoisotopic (exact) mass is 309 g/mol. The van der Waals surface area contributed by atoms with Crippen molar-refractivity contribution in [3.8, 4) is 0 Å². The van der Waals surface area contributed by atoms with Gasteiger partial charge in [0, 0.05) is 5.38 Å². The van der Waals surface area contributed by atoms with E-state index < -0.39 is 12.1 Å². The number of piperazine rings is 1. The average molecular weight is 309 g/mol. The fraction of sp³-hybridized carbons (Fsp3) is 0.667. The number of nitrogens with zero attached hydrogens (tertiary/aromatic N) is 2. The lowest BCUT2D eigenvalue weighted by atomic mass is 9.92. The van der Waals surface area contributed by atoms with Crippen LogP contribution >= 0.6 is 11.3 Å². The summed E-state index contributed by atoms with van der Waals surface area (Å²) in [6.07, 6.45) is 1.47. The van der Waals surface area contributed by atoms with Crippen molar-refractivity contribution in [2.24, 2.45) is 5.92 Å². The predicted molar refractivity (Wildman–Crippen MR) is 82.9 cm³/mol. The third-order valence-corrected chi connectivity index (χ3v) is 4.91. The molecule has 2 rings (SSSR count). The summed E-state index contributed by atoms with van der Waals surface area (Å²) in [6, 6.07) is -0.801. The maximum absolute atomic E-state index is 12.6. The molecule has 0 radical (unpaired) electrons. The van der Waals surface area contributed by atoms with E-state index in [0.29, 0.717) is 13.0 Å². The Morgan fingerprint density at radius 1 is 1.43 bits per heavy atom. The lowest BCUT2D eigenvalue weighted by Crippen LogP contribution is -2.64. The van der Waals surface area contributed by atoms with Gasteiger partial charge in [0.1, 0.15) is 12.1 Å². The maximum Gasteiger partial charge on any atom is 0.246 e. The molecule has 0 bridgehead atoms. The highest BCUT2D eigenvalue weighted by molar-refractivity contribution is 7.09. The van der Waals surface area contributed by atoms with Gasteiger partial charge in [0.25, 0.3) is 0 Å². The Labute approximate surface area is 129 Å². The van der Waals surface area contributed by atoms with Crippen LogP contribution in [-0.4, -0.2) is 33.8 Å². The number of amides is 2. The Bertz CT molecular complexity index is 529. The number of thiazole rings is 1. The second-order valence-corrected chi connectivity index (χ2v) is 6.69. The second-order valence-electron chi connectivity index (χ2n) is 5.62. The molecule has 1 saturated heterocycles.